The van der Waals surface area contributed by atoms with Crippen molar-refractivity contribution in [3.05, 3.63) is 33.7 Å². The molecule has 0 N–H and O–H groups in total. The number of hydrogen-bond donors (Lipinski definition) is 0. The monoisotopic (exact) mass is 352 g/mol. The van der Waals surface area contributed by atoms with Crippen LogP contribution in [0, 0.1) is 0 Å². The molecule has 0 aliphatic carbocycles. The molecule has 0 amide bonds. The minimum absolute atomic E-state index is 0.443. The molecule has 1 unspecified atom stereocenters. The molecule has 0 bridgehead atoms. The van der Waals surface area contributed by atoms with E-state index < -0.39 is 0 Å². The fraction of sp³-hybridized carbons (Fsp3) is 0.500. The first-order valence-corrected chi connectivity index (χ1v) is 8.90. The maximum Gasteiger partial charge on any atom is 0.218 e. The highest BCUT2D eigenvalue weighted by atomic mass is 35.5. The third-order valence-electron chi connectivity index (χ3n) is 4.23. The van der Waals surface area contributed by atoms with E-state index >= 15 is 0 Å². The second-order valence-electron chi connectivity index (χ2n) is 5.77. The van der Waals surface area contributed by atoms with Gasteiger partial charge in [-0.05, 0) is 31.5 Å². The van der Waals surface area contributed by atoms with Gasteiger partial charge in [0.25, 0.3) is 0 Å². The van der Waals surface area contributed by atoms with E-state index in [1.165, 1.54) is 17.7 Å². The Hall–Kier alpha value is -1.37. The molecule has 1 aliphatic rings. The SMILES string of the molecule is COc1cc(N(C)C2CCCN(Cc3ccc(Cl)s3)C2)ncn1. The van der Waals surface area contributed by atoms with Crippen molar-refractivity contribution in [2.75, 3.05) is 32.1 Å². The zero-order chi connectivity index (χ0) is 16.2. The maximum atomic E-state index is 6.03. The molecule has 3 rings (SSSR count). The van der Waals surface area contributed by atoms with E-state index in [0.717, 1.165) is 29.8 Å². The number of hydrogen-bond acceptors (Lipinski definition) is 6. The Morgan fingerprint density at radius 1 is 1.43 bits per heavy atom. The quantitative estimate of drug-likeness (QED) is 0.825. The summed E-state index contributed by atoms with van der Waals surface area (Å²) in [5.74, 6) is 1.51. The molecule has 1 atom stereocenters. The first kappa shape index (κ1) is 16.5. The van der Waals surface area contributed by atoms with Crippen LogP contribution >= 0.6 is 22.9 Å². The van der Waals surface area contributed by atoms with Crippen LogP contribution in [0.2, 0.25) is 4.34 Å². The Bertz CT molecular complexity index is 651. The highest BCUT2D eigenvalue weighted by Crippen LogP contribution is 2.26. The lowest BCUT2D eigenvalue weighted by Crippen LogP contribution is -2.46. The summed E-state index contributed by atoms with van der Waals surface area (Å²) in [5, 5.41) is 0. The number of nitrogens with zero attached hydrogens (tertiary/aromatic N) is 4. The molecule has 0 spiro atoms. The number of piperidine rings is 1. The van der Waals surface area contributed by atoms with Gasteiger partial charge in [0.05, 0.1) is 11.4 Å². The summed E-state index contributed by atoms with van der Waals surface area (Å²) >= 11 is 7.70. The van der Waals surface area contributed by atoms with Gasteiger partial charge >= 0.3 is 0 Å². The molecule has 1 aliphatic heterocycles. The summed E-state index contributed by atoms with van der Waals surface area (Å²) < 4.78 is 6.06. The summed E-state index contributed by atoms with van der Waals surface area (Å²) in [5.41, 5.74) is 0. The average Bonchev–Trinajstić information content (AvgIpc) is 2.99. The van der Waals surface area contributed by atoms with Gasteiger partial charge in [0.2, 0.25) is 5.88 Å². The molecular formula is C16H21ClN4OS. The maximum absolute atomic E-state index is 6.03. The summed E-state index contributed by atoms with van der Waals surface area (Å²) in [7, 11) is 3.72. The topological polar surface area (TPSA) is 41.5 Å². The molecule has 0 radical (unpaired) electrons. The predicted molar refractivity (Wildman–Crippen MR) is 94.6 cm³/mol. The minimum Gasteiger partial charge on any atom is -0.481 e. The second-order valence-corrected chi connectivity index (χ2v) is 7.57. The highest BCUT2D eigenvalue weighted by Gasteiger charge is 2.24. The van der Waals surface area contributed by atoms with Crippen molar-refractivity contribution in [3.63, 3.8) is 0 Å². The number of thiophene rings is 1. The number of ether oxygens (including phenoxy) is 1. The van der Waals surface area contributed by atoms with E-state index in [2.05, 4.69) is 32.9 Å². The minimum atomic E-state index is 0.443. The largest absolute Gasteiger partial charge is 0.481 e. The van der Waals surface area contributed by atoms with Crippen molar-refractivity contribution in [2.45, 2.75) is 25.4 Å². The third-order valence-corrected chi connectivity index (χ3v) is 5.45. The van der Waals surface area contributed by atoms with E-state index in [1.807, 2.05) is 12.1 Å². The molecule has 0 saturated carbocycles. The lowest BCUT2D eigenvalue weighted by atomic mass is 10.0. The van der Waals surface area contributed by atoms with Gasteiger partial charge in [-0.2, -0.15) is 0 Å². The first-order valence-electron chi connectivity index (χ1n) is 7.71. The summed E-state index contributed by atoms with van der Waals surface area (Å²) in [6.45, 7) is 3.13. The molecule has 23 heavy (non-hydrogen) atoms. The van der Waals surface area contributed by atoms with Crippen LogP contribution in [-0.2, 0) is 6.54 Å². The van der Waals surface area contributed by atoms with Gasteiger partial charge in [-0.1, -0.05) is 11.6 Å². The van der Waals surface area contributed by atoms with Gasteiger partial charge in [0.15, 0.2) is 0 Å². The number of halogens is 1. The summed E-state index contributed by atoms with van der Waals surface area (Å²) in [6.07, 6.45) is 3.92. The van der Waals surface area contributed by atoms with E-state index in [0.29, 0.717) is 11.9 Å². The summed E-state index contributed by atoms with van der Waals surface area (Å²) in [6, 6.07) is 6.43. The van der Waals surface area contributed by atoms with Crippen molar-refractivity contribution in [3.8, 4) is 5.88 Å². The Morgan fingerprint density at radius 3 is 3.04 bits per heavy atom. The molecule has 0 aromatic carbocycles. The van der Waals surface area contributed by atoms with Gasteiger partial charge in [-0.15, -0.1) is 11.3 Å². The summed E-state index contributed by atoms with van der Waals surface area (Å²) in [4.78, 5) is 14.5. The average molecular weight is 353 g/mol. The predicted octanol–water partition coefficient (Wildman–Crippen LogP) is 3.30. The van der Waals surface area contributed by atoms with Gasteiger partial charge in [-0.25, -0.2) is 9.97 Å². The van der Waals surface area contributed by atoms with E-state index in [4.69, 9.17) is 16.3 Å². The number of rotatable bonds is 5. The zero-order valence-corrected chi connectivity index (χ0v) is 15.0. The molecule has 7 heteroatoms. The van der Waals surface area contributed by atoms with Crippen LogP contribution in [0.25, 0.3) is 0 Å². The van der Waals surface area contributed by atoms with Crippen LogP contribution < -0.4 is 9.64 Å². The van der Waals surface area contributed by atoms with Crippen molar-refractivity contribution in [1.82, 2.24) is 14.9 Å². The van der Waals surface area contributed by atoms with E-state index in [1.54, 1.807) is 24.8 Å². The molecular weight excluding hydrogens is 332 g/mol. The Balaban J connectivity index is 1.65. The van der Waals surface area contributed by atoms with Crippen LogP contribution in [0.1, 0.15) is 17.7 Å². The van der Waals surface area contributed by atoms with Gasteiger partial charge < -0.3 is 9.64 Å². The van der Waals surface area contributed by atoms with Crippen molar-refractivity contribution >= 4 is 28.8 Å². The molecule has 5 nitrogen and oxygen atoms in total. The molecule has 124 valence electrons. The van der Waals surface area contributed by atoms with Crippen LogP contribution in [0.5, 0.6) is 5.88 Å². The number of anilines is 1. The van der Waals surface area contributed by atoms with Crippen LogP contribution in [-0.4, -0.2) is 48.2 Å². The highest BCUT2D eigenvalue weighted by molar-refractivity contribution is 7.16. The Labute approximate surface area is 145 Å². The van der Waals surface area contributed by atoms with Crippen LogP contribution in [0.15, 0.2) is 24.5 Å². The molecule has 3 heterocycles. The molecule has 2 aromatic rings. The lowest BCUT2D eigenvalue weighted by Gasteiger charge is -2.38. The normalized spacial score (nSPS) is 18.8. The van der Waals surface area contributed by atoms with Gasteiger partial charge in [0.1, 0.15) is 12.1 Å². The number of likely N-dealkylation sites (tertiary alicyclic amines) is 1. The Kier molecular flexibility index (Phi) is 5.35. The molecule has 1 saturated heterocycles. The van der Waals surface area contributed by atoms with E-state index in [-0.39, 0.29) is 0 Å². The standard InChI is InChI=1S/C16H21ClN4OS/c1-20(15-8-16(22-2)19-11-18-15)12-4-3-7-21(9-12)10-13-5-6-14(17)23-13/h5-6,8,11-12H,3-4,7,9-10H2,1-2H3. The van der Waals surface area contributed by atoms with Crippen LogP contribution in [0.4, 0.5) is 5.82 Å². The van der Waals surface area contributed by atoms with E-state index in [9.17, 15) is 0 Å². The number of aromatic nitrogens is 2. The molecule has 2 aromatic heterocycles. The number of likely N-dealkylation sites (N-methyl/N-ethyl adjacent to an activating group) is 1. The van der Waals surface area contributed by atoms with Gasteiger partial charge in [-0.3, -0.25) is 4.90 Å². The fourth-order valence-electron chi connectivity index (χ4n) is 2.97. The van der Waals surface area contributed by atoms with Gasteiger partial charge in [0, 0.05) is 37.1 Å². The Morgan fingerprint density at radius 2 is 2.30 bits per heavy atom. The first-order chi connectivity index (χ1) is 11.2. The fourth-order valence-corrected chi connectivity index (χ4v) is 4.10. The van der Waals surface area contributed by atoms with Crippen molar-refractivity contribution < 1.29 is 4.74 Å². The zero-order valence-electron chi connectivity index (χ0n) is 13.4. The van der Waals surface area contributed by atoms with Crippen LogP contribution in [0.3, 0.4) is 0 Å². The van der Waals surface area contributed by atoms with Crippen molar-refractivity contribution in [1.29, 1.82) is 0 Å². The second kappa shape index (κ2) is 7.47. The molecule has 1 fully saturated rings. The lowest BCUT2D eigenvalue weighted by molar-refractivity contribution is 0.200. The smallest absolute Gasteiger partial charge is 0.218 e. The van der Waals surface area contributed by atoms with Crippen molar-refractivity contribution in [2.24, 2.45) is 0 Å². The third kappa shape index (κ3) is 4.13. The number of methoxy groups -OCH3 is 1.